The van der Waals surface area contributed by atoms with Crippen molar-refractivity contribution in [2.75, 3.05) is 6.54 Å². The molecule has 0 saturated heterocycles. The Morgan fingerprint density at radius 2 is 1.78 bits per heavy atom. The molecule has 0 bridgehead atoms. The van der Waals surface area contributed by atoms with Crippen LogP contribution in [0.4, 0.5) is 0 Å². The summed E-state index contributed by atoms with van der Waals surface area (Å²) in [6, 6.07) is 15.0. The van der Waals surface area contributed by atoms with Gasteiger partial charge in [0.15, 0.2) is 0 Å². The molecule has 0 aromatic heterocycles. The summed E-state index contributed by atoms with van der Waals surface area (Å²) >= 11 is 0. The van der Waals surface area contributed by atoms with Crippen LogP contribution in [0.25, 0.3) is 0 Å². The first-order valence-corrected chi connectivity index (χ1v) is 7.81. The van der Waals surface area contributed by atoms with Crippen molar-refractivity contribution in [1.29, 1.82) is 0 Å². The minimum atomic E-state index is -0.698. The molecule has 0 fully saturated rings. The Labute approximate surface area is 137 Å². The summed E-state index contributed by atoms with van der Waals surface area (Å²) in [5.41, 5.74) is 2.19. The molecule has 0 amide bonds. The molecule has 0 aliphatic carbocycles. The topological polar surface area (TPSA) is 72.7 Å². The summed E-state index contributed by atoms with van der Waals surface area (Å²) in [5, 5.41) is 32.5. The van der Waals surface area contributed by atoms with Gasteiger partial charge in [-0.2, -0.15) is 0 Å². The molecule has 0 saturated carbocycles. The second-order valence-corrected chi connectivity index (χ2v) is 6.49. The van der Waals surface area contributed by atoms with Crippen LogP contribution < -0.4 is 5.32 Å². The number of aliphatic hydroxyl groups excluding tert-OH is 2. The average molecular weight is 315 g/mol. The van der Waals surface area contributed by atoms with Gasteiger partial charge < -0.3 is 20.6 Å². The van der Waals surface area contributed by atoms with Crippen molar-refractivity contribution in [2.24, 2.45) is 0 Å². The van der Waals surface area contributed by atoms with Crippen molar-refractivity contribution in [3.8, 4) is 5.75 Å². The lowest BCUT2D eigenvalue weighted by Crippen LogP contribution is -2.43. The van der Waals surface area contributed by atoms with E-state index in [-0.39, 0.29) is 17.9 Å². The fourth-order valence-electron chi connectivity index (χ4n) is 2.60. The van der Waals surface area contributed by atoms with Gasteiger partial charge in [0.25, 0.3) is 0 Å². The maximum Gasteiger partial charge on any atom is 0.121 e. The Morgan fingerprint density at radius 1 is 1.09 bits per heavy atom. The van der Waals surface area contributed by atoms with E-state index in [1.165, 1.54) is 11.6 Å². The lowest BCUT2D eigenvalue weighted by atomic mass is 9.94. The predicted molar refractivity (Wildman–Crippen MR) is 91.2 cm³/mol. The van der Waals surface area contributed by atoms with E-state index in [1.54, 1.807) is 12.1 Å². The summed E-state index contributed by atoms with van der Waals surface area (Å²) in [6.07, 6.45) is 0.161. The monoisotopic (exact) mass is 315 g/mol. The van der Waals surface area contributed by atoms with Gasteiger partial charge in [0, 0.05) is 17.6 Å². The van der Waals surface area contributed by atoms with Crippen LogP contribution in [-0.2, 0) is 13.0 Å². The molecule has 4 N–H and O–H groups in total. The van der Waals surface area contributed by atoms with Gasteiger partial charge in [0.2, 0.25) is 0 Å². The largest absolute Gasteiger partial charge is 0.508 e. The molecule has 2 aromatic rings. The van der Waals surface area contributed by atoms with Gasteiger partial charge in [-0.15, -0.1) is 0 Å². The minimum Gasteiger partial charge on any atom is -0.508 e. The van der Waals surface area contributed by atoms with Gasteiger partial charge in [-0.1, -0.05) is 36.4 Å². The first kappa shape index (κ1) is 17.5. The molecule has 4 nitrogen and oxygen atoms in total. The van der Waals surface area contributed by atoms with Gasteiger partial charge in [-0.05, 0) is 43.5 Å². The molecule has 2 rings (SSSR count). The Balaban J connectivity index is 1.96. The first-order chi connectivity index (χ1) is 10.9. The molecule has 23 heavy (non-hydrogen) atoms. The maximum absolute atomic E-state index is 10.3. The number of hydrogen-bond acceptors (Lipinski definition) is 4. The van der Waals surface area contributed by atoms with Crippen molar-refractivity contribution < 1.29 is 15.3 Å². The van der Waals surface area contributed by atoms with Crippen molar-refractivity contribution in [1.82, 2.24) is 5.32 Å². The third kappa shape index (κ3) is 5.06. The zero-order valence-electron chi connectivity index (χ0n) is 13.7. The second-order valence-electron chi connectivity index (χ2n) is 6.49. The van der Waals surface area contributed by atoms with Crippen molar-refractivity contribution in [3.05, 3.63) is 65.2 Å². The van der Waals surface area contributed by atoms with E-state index in [4.69, 9.17) is 0 Å². The van der Waals surface area contributed by atoms with Crippen molar-refractivity contribution in [2.45, 2.75) is 38.5 Å². The molecular weight excluding hydrogens is 290 g/mol. The summed E-state index contributed by atoms with van der Waals surface area (Å²) in [7, 11) is 0. The Hall–Kier alpha value is -1.88. The van der Waals surface area contributed by atoms with Crippen molar-refractivity contribution in [3.63, 3.8) is 0 Å². The molecule has 0 radical (unpaired) electrons. The molecular formula is C19H25NO3. The number of hydrogen-bond donors (Lipinski definition) is 4. The molecule has 1 atom stereocenters. The third-order valence-electron chi connectivity index (χ3n) is 3.92. The Bertz CT molecular complexity index is 626. The summed E-state index contributed by atoms with van der Waals surface area (Å²) in [4.78, 5) is 0. The van der Waals surface area contributed by atoms with Gasteiger partial charge in [-0.25, -0.2) is 0 Å². The zero-order valence-corrected chi connectivity index (χ0v) is 13.7. The summed E-state index contributed by atoms with van der Waals surface area (Å²) < 4.78 is 0. The molecule has 1 unspecified atom stereocenters. The first-order valence-electron chi connectivity index (χ1n) is 7.81. The molecule has 0 heterocycles. The van der Waals surface area contributed by atoms with E-state index < -0.39 is 6.10 Å². The van der Waals surface area contributed by atoms with Crippen LogP contribution in [-0.4, -0.2) is 27.4 Å². The van der Waals surface area contributed by atoms with Gasteiger partial charge >= 0.3 is 0 Å². The SMILES string of the molecule is CC(C)(Cc1ccccc1)NCC(O)c1ccc(O)c(CO)c1. The fraction of sp³-hybridized carbons (Fsp3) is 0.368. The van der Waals surface area contributed by atoms with E-state index in [1.807, 2.05) is 18.2 Å². The lowest BCUT2D eigenvalue weighted by Gasteiger charge is -2.28. The molecule has 2 aromatic carbocycles. The highest BCUT2D eigenvalue weighted by atomic mass is 16.3. The van der Waals surface area contributed by atoms with E-state index >= 15 is 0 Å². The molecule has 0 spiro atoms. The summed E-state index contributed by atoms with van der Waals surface area (Å²) in [5.74, 6) is 0.0424. The number of β-amino-alcohol motifs (C(OH)–C–C–N with tert-alkyl or cyclic N) is 1. The van der Waals surface area contributed by atoms with E-state index in [9.17, 15) is 15.3 Å². The predicted octanol–water partition coefficient (Wildman–Crippen LogP) is 2.53. The number of benzene rings is 2. The van der Waals surface area contributed by atoms with Crippen LogP contribution in [0.15, 0.2) is 48.5 Å². The number of aromatic hydroxyl groups is 1. The van der Waals surface area contributed by atoms with Gasteiger partial charge in [0.1, 0.15) is 5.75 Å². The van der Waals surface area contributed by atoms with E-state index in [2.05, 4.69) is 31.3 Å². The molecule has 0 aliphatic rings. The highest BCUT2D eigenvalue weighted by molar-refractivity contribution is 5.36. The highest BCUT2D eigenvalue weighted by Crippen LogP contribution is 2.23. The molecule has 4 heteroatoms. The standard InChI is InChI=1S/C19H25NO3/c1-19(2,11-14-6-4-3-5-7-14)20-12-18(23)15-8-9-17(22)16(10-15)13-21/h3-10,18,20-23H,11-13H2,1-2H3. The lowest BCUT2D eigenvalue weighted by molar-refractivity contribution is 0.160. The highest BCUT2D eigenvalue weighted by Gasteiger charge is 2.20. The molecule has 0 aliphatic heterocycles. The smallest absolute Gasteiger partial charge is 0.121 e. The number of nitrogens with one attached hydrogen (secondary N) is 1. The van der Waals surface area contributed by atoms with Crippen LogP contribution in [0.5, 0.6) is 5.75 Å². The summed E-state index contributed by atoms with van der Waals surface area (Å²) in [6.45, 7) is 4.35. The van der Waals surface area contributed by atoms with Crippen LogP contribution in [0.2, 0.25) is 0 Å². The van der Waals surface area contributed by atoms with Gasteiger partial charge in [-0.3, -0.25) is 0 Å². The quantitative estimate of drug-likeness (QED) is 0.633. The number of aliphatic hydroxyl groups is 2. The van der Waals surface area contributed by atoms with Crippen LogP contribution in [0.3, 0.4) is 0 Å². The van der Waals surface area contributed by atoms with E-state index in [0.29, 0.717) is 17.7 Å². The van der Waals surface area contributed by atoms with Crippen LogP contribution in [0, 0.1) is 0 Å². The Morgan fingerprint density at radius 3 is 2.43 bits per heavy atom. The number of phenols is 1. The zero-order chi connectivity index (χ0) is 16.9. The van der Waals surface area contributed by atoms with Crippen molar-refractivity contribution >= 4 is 0 Å². The van der Waals surface area contributed by atoms with E-state index in [0.717, 1.165) is 6.42 Å². The fourth-order valence-corrected chi connectivity index (χ4v) is 2.60. The van der Waals surface area contributed by atoms with Crippen LogP contribution in [0.1, 0.15) is 36.6 Å². The van der Waals surface area contributed by atoms with Crippen LogP contribution >= 0.6 is 0 Å². The second kappa shape index (κ2) is 7.59. The normalized spacial score (nSPS) is 13.0. The number of rotatable bonds is 7. The maximum atomic E-state index is 10.3. The minimum absolute atomic E-state index is 0.0424. The molecule has 124 valence electrons. The van der Waals surface area contributed by atoms with Gasteiger partial charge in [0.05, 0.1) is 12.7 Å². The Kier molecular flexibility index (Phi) is 5.77. The average Bonchev–Trinajstić information content (AvgIpc) is 2.53. The third-order valence-corrected chi connectivity index (χ3v) is 3.92.